The van der Waals surface area contributed by atoms with Crippen molar-refractivity contribution in [3.8, 4) is 0 Å². The summed E-state index contributed by atoms with van der Waals surface area (Å²) in [7, 11) is 0. The predicted molar refractivity (Wildman–Crippen MR) is 68.3 cm³/mol. The number of carbonyl (C=O) groups is 1. The molecule has 2 N–H and O–H groups in total. The van der Waals surface area contributed by atoms with Crippen molar-refractivity contribution in [2.45, 2.75) is 6.42 Å². The molecule has 0 saturated heterocycles. The summed E-state index contributed by atoms with van der Waals surface area (Å²) in [6.07, 6.45) is 3.02. The summed E-state index contributed by atoms with van der Waals surface area (Å²) in [6, 6.07) is 1.24. The van der Waals surface area contributed by atoms with Crippen molar-refractivity contribution < 1.29 is 9.72 Å². The van der Waals surface area contributed by atoms with Crippen molar-refractivity contribution in [3.05, 3.63) is 45.2 Å². The first-order valence-electron chi connectivity index (χ1n) is 5.51. The maximum atomic E-state index is 11.9. The van der Waals surface area contributed by atoms with E-state index in [1.54, 1.807) is 0 Å². The Morgan fingerprint density at radius 1 is 1.50 bits per heavy atom. The minimum Gasteiger partial charge on any atom is -0.351 e. The van der Waals surface area contributed by atoms with Crippen molar-refractivity contribution in [2.24, 2.45) is 0 Å². The van der Waals surface area contributed by atoms with Gasteiger partial charge in [-0.15, -0.1) is 0 Å². The van der Waals surface area contributed by atoms with E-state index in [0.29, 0.717) is 12.2 Å². The van der Waals surface area contributed by atoms with Crippen molar-refractivity contribution in [3.63, 3.8) is 0 Å². The molecule has 0 radical (unpaired) electrons. The molecule has 104 valence electrons. The molecule has 2 aromatic heterocycles. The zero-order valence-corrected chi connectivity index (χ0v) is 10.8. The van der Waals surface area contributed by atoms with E-state index in [4.69, 9.17) is 11.6 Å². The van der Waals surface area contributed by atoms with Crippen molar-refractivity contribution in [2.75, 3.05) is 6.54 Å². The van der Waals surface area contributed by atoms with Crippen molar-refractivity contribution >= 4 is 23.2 Å². The van der Waals surface area contributed by atoms with Crippen LogP contribution < -0.4 is 5.32 Å². The standard InChI is InChI=1S/C10H9ClN6O3/c11-9-8(17(19)20)6(1-3-12-9)10(18)13-4-2-7-14-5-15-16-7/h1,3,5H,2,4H2,(H,13,18)(H,14,15,16). The second-order valence-electron chi connectivity index (χ2n) is 3.69. The lowest BCUT2D eigenvalue weighted by atomic mass is 10.2. The minimum absolute atomic E-state index is 0.132. The summed E-state index contributed by atoms with van der Waals surface area (Å²) in [6.45, 7) is 0.255. The summed E-state index contributed by atoms with van der Waals surface area (Å²) in [5, 5.41) is 19.4. The highest BCUT2D eigenvalue weighted by atomic mass is 35.5. The Morgan fingerprint density at radius 2 is 2.30 bits per heavy atom. The molecule has 0 aliphatic carbocycles. The van der Waals surface area contributed by atoms with Gasteiger partial charge in [0.1, 0.15) is 17.7 Å². The molecule has 0 aliphatic heterocycles. The number of amides is 1. The second-order valence-corrected chi connectivity index (χ2v) is 4.05. The Bertz CT molecular complexity index is 630. The molecule has 0 unspecified atom stereocenters. The molecule has 10 heteroatoms. The number of nitrogens with zero attached hydrogens (tertiary/aromatic N) is 4. The van der Waals surface area contributed by atoms with Crippen LogP contribution in [0, 0.1) is 10.1 Å². The predicted octanol–water partition coefficient (Wildman–Crippen LogP) is 0.734. The highest BCUT2D eigenvalue weighted by Gasteiger charge is 2.24. The van der Waals surface area contributed by atoms with E-state index in [0.717, 1.165) is 0 Å². The van der Waals surface area contributed by atoms with E-state index in [1.165, 1.54) is 18.6 Å². The zero-order valence-electron chi connectivity index (χ0n) is 10.0. The molecule has 2 aromatic rings. The van der Waals surface area contributed by atoms with Crippen LogP contribution in [0.4, 0.5) is 5.69 Å². The van der Waals surface area contributed by atoms with Crippen LogP contribution in [0.5, 0.6) is 0 Å². The molecule has 0 aliphatic rings. The lowest BCUT2D eigenvalue weighted by Gasteiger charge is -2.05. The summed E-state index contributed by atoms with van der Waals surface area (Å²) >= 11 is 5.63. The first kappa shape index (κ1) is 13.9. The number of pyridine rings is 1. The molecule has 0 atom stereocenters. The van der Waals surface area contributed by atoms with E-state index in [-0.39, 0.29) is 17.3 Å². The second kappa shape index (κ2) is 6.06. The van der Waals surface area contributed by atoms with Crippen molar-refractivity contribution in [1.29, 1.82) is 0 Å². The van der Waals surface area contributed by atoms with Crippen LogP contribution in [-0.2, 0) is 6.42 Å². The van der Waals surface area contributed by atoms with Gasteiger partial charge in [0, 0.05) is 19.2 Å². The zero-order chi connectivity index (χ0) is 14.5. The number of halogens is 1. The van der Waals surface area contributed by atoms with Gasteiger partial charge in [0.15, 0.2) is 0 Å². The lowest BCUT2D eigenvalue weighted by Crippen LogP contribution is -2.26. The van der Waals surface area contributed by atoms with E-state index >= 15 is 0 Å². The highest BCUT2D eigenvalue weighted by Crippen LogP contribution is 2.25. The van der Waals surface area contributed by atoms with Gasteiger partial charge in [0.2, 0.25) is 5.15 Å². The lowest BCUT2D eigenvalue weighted by molar-refractivity contribution is -0.385. The Balaban J connectivity index is 2.06. The van der Waals surface area contributed by atoms with E-state index in [9.17, 15) is 14.9 Å². The number of nitro groups is 1. The van der Waals surface area contributed by atoms with Gasteiger partial charge >= 0.3 is 5.69 Å². The molecular formula is C10H9ClN6O3. The van der Waals surface area contributed by atoms with Crippen LogP contribution in [0.3, 0.4) is 0 Å². The Hall–Kier alpha value is -2.55. The molecular weight excluding hydrogens is 288 g/mol. The molecule has 2 rings (SSSR count). The Labute approximate surface area is 117 Å². The highest BCUT2D eigenvalue weighted by molar-refractivity contribution is 6.32. The number of aromatic amines is 1. The van der Waals surface area contributed by atoms with Crippen molar-refractivity contribution in [1.82, 2.24) is 25.5 Å². The maximum absolute atomic E-state index is 11.9. The monoisotopic (exact) mass is 296 g/mol. The summed E-state index contributed by atoms with van der Waals surface area (Å²) in [5.74, 6) is 0.00748. The normalized spacial score (nSPS) is 10.2. The van der Waals surface area contributed by atoms with Gasteiger partial charge < -0.3 is 5.32 Å². The van der Waals surface area contributed by atoms with Gasteiger partial charge in [-0.1, -0.05) is 11.6 Å². The average molecular weight is 297 g/mol. The first-order chi connectivity index (χ1) is 9.59. The topological polar surface area (TPSA) is 127 Å². The van der Waals surface area contributed by atoms with Gasteiger partial charge in [0.05, 0.1) is 4.92 Å². The third kappa shape index (κ3) is 3.06. The first-order valence-corrected chi connectivity index (χ1v) is 5.88. The van der Waals surface area contributed by atoms with Gasteiger partial charge in [-0.3, -0.25) is 20.0 Å². The maximum Gasteiger partial charge on any atom is 0.319 e. The Kier molecular flexibility index (Phi) is 4.20. The fourth-order valence-electron chi connectivity index (χ4n) is 1.53. The fourth-order valence-corrected chi connectivity index (χ4v) is 1.75. The summed E-state index contributed by atoms with van der Waals surface area (Å²) in [5.41, 5.74) is -0.640. The number of hydrogen-bond acceptors (Lipinski definition) is 6. The number of carbonyl (C=O) groups excluding carboxylic acids is 1. The number of H-pyrrole nitrogens is 1. The molecule has 0 saturated carbocycles. The van der Waals surface area contributed by atoms with Gasteiger partial charge in [0.25, 0.3) is 5.91 Å². The van der Waals surface area contributed by atoms with Crippen LogP contribution in [0.25, 0.3) is 0 Å². The quantitative estimate of drug-likeness (QED) is 0.476. The van der Waals surface area contributed by atoms with Crippen LogP contribution in [-0.4, -0.2) is 37.5 Å². The van der Waals surface area contributed by atoms with Gasteiger partial charge in [-0.2, -0.15) is 5.10 Å². The van der Waals surface area contributed by atoms with Gasteiger partial charge in [-0.05, 0) is 6.07 Å². The van der Waals surface area contributed by atoms with Crippen LogP contribution in [0.15, 0.2) is 18.6 Å². The number of rotatable bonds is 5. The molecule has 2 heterocycles. The number of hydrogen-bond donors (Lipinski definition) is 2. The number of aromatic nitrogens is 4. The third-order valence-electron chi connectivity index (χ3n) is 2.42. The molecule has 0 fully saturated rings. The third-order valence-corrected chi connectivity index (χ3v) is 2.70. The minimum atomic E-state index is -0.735. The van der Waals surface area contributed by atoms with E-state index < -0.39 is 16.5 Å². The van der Waals surface area contributed by atoms with E-state index in [1.807, 2.05) is 0 Å². The van der Waals surface area contributed by atoms with Crippen LogP contribution in [0.1, 0.15) is 16.2 Å². The molecule has 0 bridgehead atoms. The van der Waals surface area contributed by atoms with Crippen LogP contribution >= 0.6 is 11.6 Å². The van der Waals surface area contributed by atoms with Crippen LogP contribution in [0.2, 0.25) is 5.15 Å². The fraction of sp³-hybridized carbons (Fsp3) is 0.200. The van der Waals surface area contributed by atoms with Gasteiger partial charge in [-0.25, -0.2) is 9.97 Å². The average Bonchev–Trinajstić information content (AvgIpc) is 2.91. The summed E-state index contributed by atoms with van der Waals surface area (Å²) in [4.78, 5) is 29.5. The molecule has 0 spiro atoms. The largest absolute Gasteiger partial charge is 0.351 e. The molecule has 0 aromatic carbocycles. The molecule has 9 nitrogen and oxygen atoms in total. The molecule has 1 amide bonds. The Morgan fingerprint density at radius 3 is 2.95 bits per heavy atom. The summed E-state index contributed by atoms with van der Waals surface area (Å²) < 4.78 is 0. The van der Waals surface area contributed by atoms with E-state index in [2.05, 4.69) is 25.5 Å². The smallest absolute Gasteiger partial charge is 0.319 e. The SMILES string of the molecule is O=C(NCCc1ncn[nH]1)c1ccnc(Cl)c1[N+](=O)[O-]. The number of nitrogens with one attached hydrogen (secondary N) is 2. The molecule has 20 heavy (non-hydrogen) atoms.